The first-order valence-corrected chi connectivity index (χ1v) is 31.1. The van der Waals surface area contributed by atoms with Crippen molar-refractivity contribution in [3.8, 4) is 0 Å². The maximum Gasteiger partial charge on any atom is 0.347 e. The van der Waals surface area contributed by atoms with E-state index >= 15 is 0 Å². The molecule has 1 saturated heterocycles. The maximum absolute atomic E-state index is 7.60. The average molecular weight is 794 g/mol. The number of rotatable bonds is 36. The van der Waals surface area contributed by atoms with Crippen LogP contribution in [-0.2, 0) is 16.5 Å². The molecular formula is C44H88O4Si4. The van der Waals surface area contributed by atoms with Gasteiger partial charge in [-0.1, -0.05) is 230 Å². The van der Waals surface area contributed by atoms with Crippen LogP contribution in [0.5, 0.6) is 0 Å². The second-order valence-electron chi connectivity index (χ2n) is 16.0. The van der Waals surface area contributed by atoms with Gasteiger partial charge in [0.2, 0.25) is 0 Å². The van der Waals surface area contributed by atoms with E-state index in [-0.39, 0.29) is 0 Å². The topological polar surface area (TPSA) is 36.9 Å². The standard InChI is InChI=1S/C44H88O4Si4/c1-9-17-21-25-29-33-37-41-49(13-5)45-50(14-6,42-38-34-30-26-22-18-10-2)47-52(16-8,44-40-36-32-28-24-20-12-4)48-51(15-7,46-49)43-39-35-31-27-23-19-11-3/h13-16H,5-12,17-44H2,1-4H3. The van der Waals surface area contributed by atoms with Gasteiger partial charge in [-0.05, 0) is 24.2 Å². The van der Waals surface area contributed by atoms with Gasteiger partial charge in [-0.2, -0.15) is 0 Å². The first kappa shape index (κ1) is 49.7. The number of hydrogen-bond acceptors (Lipinski definition) is 4. The summed E-state index contributed by atoms with van der Waals surface area (Å²) in [4.78, 5) is 0. The molecule has 1 aliphatic heterocycles. The van der Waals surface area contributed by atoms with Crippen LogP contribution in [0.15, 0.2) is 49.1 Å². The van der Waals surface area contributed by atoms with Gasteiger partial charge in [0.15, 0.2) is 0 Å². The molecule has 1 fully saturated rings. The molecule has 8 heteroatoms. The van der Waals surface area contributed by atoms with Gasteiger partial charge in [-0.3, -0.25) is 0 Å². The summed E-state index contributed by atoms with van der Waals surface area (Å²) >= 11 is 0. The Morgan fingerprint density at radius 1 is 0.269 bits per heavy atom. The minimum absolute atomic E-state index is 0.899. The van der Waals surface area contributed by atoms with Gasteiger partial charge in [0.1, 0.15) is 0 Å². The molecule has 0 bridgehead atoms. The molecule has 52 heavy (non-hydrogen) atoms. The normalized spacial score (nSPS) is 25.0. The summed E-state index contributed by atoms with van der Waals surface area (Å²) in [5.41, 5.74) is 8.34. The van der Waals surface area contributed by atoms with Gasteiger partial charge in [-0.25, -0.2) is 0 Å². The second-order valence-corrected chi connectivity index (χ2v) is 29.4. The smallest absolute Gasteiger partial charge is 0.347 e. The van der Waals surface area contributed by atoms with Crippen molar-refractivity contribution in [2.75, 3.05) is 0 Å². The van der Waals surface area contributed by atoms with E-state index in [2.05, 4.69) is 76.8 Å². The molecule has 1 rings (SSSR count). The molecule has 0 saturated carbocycles. The fourth-order valence-corrected chi connectivity index (χ4v) is 29.0. The van der Waals surface area contributed by atoms with Crippen LogP contribution in [0, 0.1) is 0 Å². The van der Waals surface area contributed by atoms with Crippen LogP contribution in [0.2, 0.25) is 24.2 Å². The lowest BCUT2D eigenvalue weighted by molar-refractivity contribution is 0.231. The molecule has 0 aliphatic carbocycles. The highest BCUT2D eigenvalue weighted by Crippen LogP contribution is 2.41. The minimum Gasteiger partial charge on any atom is -0.409 e. The van der Waals surface area contributed by atoms with E-state index in [4.69, 9.17) is 16.5 Å². The Bertz CT molecular complexity index is 761. The quantitative estimate of drug-likeness (QED) is 0.0468. The van der Waals surface area contributed by atoms with Crippen molar-refractivity contribution in [2.45, 2.75) is 232 Å². The lowest BCUT2D eigenvalue weighted by Crippen LogP contribution is -2.68. The van der Waals surface area contributed by atoms with Crippen molar-refractivity contribution in [1.82, 2.24) is 0 Å². The van der Waals surface area contributed by atoms with E-state index in [9.17, 15) is 0 Å². The van der Waals surface area contributed by atoms with Crippen molar-refractivity contribution >= 4 is 34.2 Å². The van der Waals surface area contributed by atoms with Crippen molar-refractivity contribution < 1.29 is 16.5 Å². The molecule has 0 radical (unpaired) electrons. The minimum atomic E-state index is -2.95. The molecular weight excluding hydrogens is 705 g/mol. The first-order valence-electron chi connectivity index (χ1n) is 22.7. The van der Waals surface area contributed by atoms with E-state index in [0.29, 0.717) is 0 Å². The predicted molar refractivity (Wildman–Crippen MR) is 239 cm³/mol. The molecule has 0 atom stereocenters. The van der Waals surface area contributed by atoms with Gasteiger partial charge in [0, 0.05) is 0 Å². The maximum atomic E-state index is 7.60. The summed E-state index contributed by atoms with van der Waals surface area (Å²) in [6, 6.07) is 3.60. The number of unbranched alkanes of at least 4 members (excludes halogenated alkanes) is 24. The Morgan fingerprint density at radius 3 is 0.577 bits per heavy atom. The molecule has 0 amide bonds. The van der Waals surface area contributed by atoms with Gasteiger partial charge < -0.3 is 16.5 Å². The van der Waals surface area contributed by atoms with Crippen molar-refractivity contribution in [1.29, 1.82) is 0 Å². The summed E-state index contributed by atoms with van der Waals surface area (Å²) in [5.74, 6) is 0. The molecule has 0 aromatic carbocycles. The van der Waals surface area contributed by atoms with E-state index in [1.54, 1.807) is 0 Å². The van der Waals surface area contributed by atoms with Gasteiger partial charge >= 0.3 is 34.2 Å². The van der Waals surface area contributed by atoms with Gasteiger partial charge in [-0.15, -0.1) is 26.3 Å². The summed E-state index contributed by atoms with van der Waals surface area (Å²) in [5, 5.41) is 0. The molecule has 1 aliphatic rings. The fraction of sp³-hybridized carbons (Fsp3) is 0.818. The van der Waals surface area contributed by atoms with Crippen molar-refractivity contribution in [3.63, 3.8) is 0 Å². The summed E-state index contributed by atoms with van der Waals surface area (Å²) < 4.78 is 30.4. The van der Waals surface area contributed by atoms with Crippen LogP contribution in [0.4, 0.5) is 0 Å². The highest BCUT2D eigenvalue weighted by molar-refractivity contribution is 6.99. The average Bonchev–Trinajstić information content (AvgIpc) is 3.15. The van der Waals surface area contributed by atoms with Crippen LogP contribution in [0.1, 0.15) is 207 Å². The first-order chi connectivity index (χ1) is 25.3. The largest absolute Gasteiger partial charge is 0.409 e. The molecule has 0 unspecified atom stereocenters. The Kier molecular flexibility index (Phi) is 29.5. The van der Waals surface area contributed by atoms with Crippen LogP contribution in [-0.4, -0.2) is 34.2 Å². The Morgan fingerprint density at radius 2 is 0.423 bits per heavy atom. The van der Waals surface area contributed by atoms with E-state index < -0.39 is 34.2 Å². The van der Waals surface area contributed by atoms with E-state index in [1.807, 2.05) is 0 Å². The predicted octanol–water partition coefficient (Wildman–Crippen LogP) is 15.7. The van der Waals surface area contributed by atoms with Crippen molar-refractivity contribution in [3.05, 3.63) is 49.1 Å². The molecule has 0 N–H and O–H groups in total. The van der Waals surface area contributed by atoms with E-state index in [0.717, 1.165) is 49.9 Å². The Labute approximate surface area is 330 Å². The summed E-state index contributed by atoms with van der Waals surface area (Å²) in [6.07, 6.45) is 35.2. The molecule has 0 aromatic heterocycles. The van der Waals surface area contributed by atoms with Crippen molar-refractivity contribution in [2.24, 2.45) is 0 Å². The molecule has 1 heterocycles. The third-order valence-electron chi connectivity index (χ3n) is 11.1. The summed E-state index contributed by atoms with van der Waals surface area (Å²) in [7, 11) is -11.8. The lowest BCUT2D eigenvalue weighted by Gasteiger charge is -2.51. The highest BCUT2D eigenvalue weighted by atomic mass is 28.5. The molecule has 304 valence electrons. The zero-order valence-electron chi connectivity index (χ0n) is 35.4. The number of hydrogen-bond donors (Lipinski definition) is 0. The highest BCUT2D eigenvalue weighted by Gasteiger charge is 2.59. The lowest BCUT2D eigenvalue weighted by atomic mass is 10.1. The molecule has 0 spiro atoms. The third-order valence-corrected chi connectivity index (χ3v) is 28.9. The zero-order chi connectivity index (χ0) is 38.3. The van der Waals surface area contributed by atoms with Crippen LogP contribution in [0.25, 0.3) is 0 Å². The molecule has 4 nitrogen and oxygen atoms in total. The Hall–Kier alpha value is -0.332. The van der Waals surface area contributed by atoms with Gasteiger partial charge in [0.25, 0.3) is 0 Å². The summed E-state index contributed by atoms with van der Waals surface area (Å²) in [6.45, 7) is 27.0. The van der Waals surface area contributed by atoms with Crippen LogP contribution >= 0.6 is 0 Å². The monoisotopic (exact) mass is 793 g/mol. The van der Waals surface area contributed by atoms with E-state index in [1.165, 1.54) is 154 Å². The third kappa shape index (κ3) is 20.5. The van der Waals surface area contributed by atoms with Crippen LogP contribution in [0.3, 0.4) is 0 Å². The Balaban J connectivity index is 3.44. The fourth-order valence-electron chi connectivity index (χ4n) is 7.72. The van der Waals surface area contributed by atoms with Gasteiger partial charge in [0.05, 0.1) is 0 Å². The zero-order valence-corrected chi connectivity index (χ0v) is 39.4. The van der Waals surface area contributed by atoms with Crippen LogP contribution < -0.4 is 0 Å². The molecule has 0 aromatic rings. The second kappa shape index (κ2) is 30.8. The SMILES string of the molecule is C=C[Si]1(CCCCCCCCC)O[Si](C=C)(CCCCCCCCC)O[Si](C=C)(CCCCCCCCC)O[Si](C=C)(CCCCCCCCC)O1.